The Bertz CT molecular complexity index is 458. The molecule has 5 rings (SSSR count). The van der Waals surface area contributed by atoms with Gasteiger partial charge in [-0.25, -0.2) is 0 Å². The van der Waals surface area contributed by atoms with Gasteiger partial charge in [0, 0.05) is 18.3 Å². The van der Waals surface area contributed by atoms with E-state index in [0.29, 0.717) is 5.41 Å². The van der Waals surface area contributed by atoms with Crippen LogP contribution in [0.15, 0.2) is 12.4 Å². The van der Waals surface area contributed by atoms with Gasteiger partial charge in [0.25, 0.3) is 0 Å². The van der Waals surface area contributed by atoms with Gasteiger partial charge in [-0.1, -0.05) is 0 Å². The predicted molar refractivity (Wildman–Crippen MR) is 78.1 cm³/mol. The Hall–Kier alpha value is -0.830. The molecule has 0 aliphatic heterocycles. The van der Waals surface area contributed by atoms with E-state index in [1.807, 2.05) is 17.1 Å². The van der Waals surface area contributed by atoms with E-state index in [-0.39, 0.29) is 6.10 Å². The van der Waals surface area contributed by atoms with Gasteiger partial charge in [0.15, 0.2) is 0 Å². The molecule has 0 saturated heterocycles. The summed E-state index contributed by atoms with van der Waals surface area (Å²) in [6.45, 7) is 2.96. The molecule has 4 aliphatic carbocycles. The number of rotatable bonds is 4. The van der Waals surface area contributed by atoms with Crippen LogP contribution in [0.4, 0.5) is 0 Å². The molecular formula is C17H26N2O. The third-order valence-electron chi connectivity index (χ3n) is 6.15. The van der Waals surface area contributed by atoms with Gasteiger partial charge in [0.1, 0.15) is 0 Å². The van der Waals surface area contributed by atoms with Gasteiger partial charge in [-0.05, 0) is 75.0 Å². The molecule has 4 fully saturated rings. The minimum atomic E-state index is -0.313. The molecule has 0 radical (unpaired) electrons. The van der Waals surface area contributed by atoms with Gasteiger partial charge in [0.2, 0.25) is 0 Å². The summed E-state index contributed by atoms with van der Waals surface area (Å²) in [5, 5.41) is 14.9. The fourth-order valence-corrected chi connectivity index (χ4v) is 5.79. The van der Waals surface area contributed by atoms with Gasteiger partial charge < -0.3 is 5.11 Å². The Morgan fingerprint density at radius 1 is 1.25 bits per heavy atom. The normalized spacial score (nSPS) is 40.2. The van der Waals surface area contributed by atoms with Crippen molar-refractivity contribution in [3.63, 3.8) is 0 Å². The number of hydrogen-bond acceptors (Lipinski definition) is 2. The van der Waals surface area contributed by atoms with Crippen molar-refractivity contribution < 1.29 is 5.11 Å². The molecule has 1 aromatic heterocycles. The molecule has 1 N–H and O–H groups in total. The molecular weight excluding hydrogens is 248 g/mol. The van der Waals surface area contributed by atoms with E-state index in [1.54, 1.807) is 0 Å². The van der Waals surface area contributed by atoms with Crippen molar-refractivity contribution in [3.05, 3.63) is 18.0 Å². The maximum absolute atomic E-state index is 10.6. The maximum atomic E-state index is 10.6. The molecule has 4 aliphatic rings. The largest absolute Gasteiger partial charge is 0.388 e. The lowest BCUT2D eigenvalue weighted by Crippen LogP contribution is -2.46. The Morgan fingerprint density at radius 3 is 2.35 bits per heavy atom. The number of aromatic nitrogens is 2. The van der Waals surface area contributed by atoms with Crippen molar-refractivity contribution in [3.8, 4) is 0 Å². The van der Waals surface area contributed by atoms with Crippen LogP contribution in [0, 0.1) is 23.2 Å². The van der Waals surface area contributed by atoms with Crippen LogP contribution < -0.4 is 0 Å². The van der Waals surface area contributed by atoms with Crippen LogP contribution in [-0.4, -0.2) is 14.9 Å². The van der Waals surface area contributed by atoms with Crippen LogP contribution in [0.3, 0.4) is 0 Å². The highest BCUT2D eigenvalue weighted by Crippen LogP contribution is 2.62. The van der Waals surface area contributed by atoms with Crippen LogP contribution in [-0.2, 0) is 6.54 Å². The highest BCUT2D eigenvalue weighted by molar-refractivity contribution is 5.11. The van der Waals surface area contributed by atoms with Crippen molar-refractivity contribution in [2.75, 3.05) is 0 Å². The zero-order chi connectivity index (χ0) is 13.7. The van der Waals surface area contributed by atoms with Crippen molar-refractivity contribution >= 4 is 0 Å². The lowest BCUT2D eigenvalue weighted by molar-refractivity contribution is -0.0764. The third kappa shape index (κ3) is 2.11. The fourth-order valence-electron chi connectivity index (χ4n) is 5.79. The summed E-state index contributed by atoms with van der Waals surface area (Å²) in [7, 11) is 0. The second-order valence-corrected chi connectivity index (χ2v) is 7.77. The lowest BCUT2D eigenvalue weighted by Gasteiger charge is -2.57. The molecule has 0 amide bonds. The molecule has 3 heteroatoms. The summed E-state index contributed by atoms with van der Waals surface area (Å²) in [4.78, 5) is 0. The standard InChI is InChI=1S/C17H26N2O/c1-2-19-11-15(10-18-19)16(20)9-17-6-12-3-13(7-17)5-14(4-12)8-17/h10-14,16,20H,2-9H2,1H3. The third-order valence-corrected chi connectivity index (χ3v) is 6.15. The summed E-state index contributed by atoms with van der Waals surface area (Å²) in [5.74, 6) is 2.89. The zero-order valence-electron chi connectivity index (χ0n) is 12.5. The van der Waals surface area contributed by atoms with Crippen LogP contribution in [0.25, 0.3) is 0 Å². The first-order valence-electron chi connectivity index (χ1n) is 8.36. The highest BCUT2D eigenvalue weighted by Gasteiger charge is 2.51. The average Bonchev–Trinajstić information content (AvgIpc) is 2.85. The van der Waals surface area contributed by atoms with Crippen LogP contribution in [0.1, 0.15) is 63.5 Å². The van der Waals surface area contributed by atoms with E-state index in [2.05, 4.69) is 12.0 Å². The minimum Gasteiger partial charge on any atom is -0.388 e. The summed E-state index contributed by atoms with van der Waals surface area (Å²) in [6.07, 6.45) is 13.1. The fraction of sp³-hybridized carbons (Fsp3) is 0.824. The predicted octanol–water partition coefficient (Wildman–Crippen LogP) is 3.54. The van der Waals surface area contributed by atoms with Crippen LogP contribution in [0.5, 0.6) is 0 Å². The number of aryl methyl sites for hydroxylation is 1. The summed E-state index contributed by atoms with van der Waals surface area (Å²) in [5.41, 5.74) is 1.46. The van der Waals surface area contributed by atoms with Crippen LogP contribution >= 0.6 is 0 Å². The summed E-state index contributed by atoms with van der Waals surface area (Å²) >= 11 is 0. The average molecular weight is 274 g/mol. The Morgan fingerprint density at radius 2 is 1.85 bits per heavy atom. The Kier molecular flexibility index (Phi) is 2.95. The first kappa shape index (κ1) is 12.9. The zero-order valence-corrected chi connectivity index (χ0v) is 12.5. The number of nitrogens with zero attached hydrogens (tertiary/aromatic N) is 2. The highest BCUT2D eigenvalue weighted by atomic mass is 16.3. The van der Waals surface area contributed by atoms with Gasteiger partial charge >= 0.3 is 0 Å². The topological polar surface area (TPSA) is 38.0 Å². The number of aliphatic hydroxyl groups is 1. The summed E-state index contributed by atoms with van der Waals surface area (Å²) < 4.78 is 1.91. The van der Waals surface area contributed by atoms with Crippen molar-refractivity contribution in [2.24, 2.45) is 23.2 Å². The quantitative estimate of drug-likeness (QED) is 0.912. The smallest absolute Gasteiger partial charge is 0.0825 e. The monoisotopic (exact) mass is 274 g/mol. The molecule has 1 heterocycles. The Labute approximate surface area is 121 Å². The second-order valence-electron chi connectivity index (χ2n) is 7.77. The molecule has 1 aromatic rings. The second kappa shape index (κ2) is 4.59. The molecule has 1 unspecified atom stereocenters. The van der Waals surface area contributed by atoms with Crippen molar-refractivity contribution in [1.29, 1.82) is 0 Å². The number of aliphatic hydroxyl groups excluding tert-OH is 1. The summed E-state index contributed by atoms with van der Waals surface area (Å²) in [6, 6.07) is 0. The lowest BCUT2D eigenvalue weighted by atomic mass is 9.48. The van der Waals surface area contributed by atoms with Crippen molar-refractivity contribution in [2.45, 2.75) is 64.5 Å². The van der Waals surface area contributed by atoms with E-state index in [1.165, 1.54) is 38.5 Å². The van der Waals surface area contributed by atoms with E-state index >= 15 is 0 Å². The van der Waals surface area contributed by atoms with Crippen LogP contribution in [0.2, 0.25) is 0 Å². The minimum absolute atomic E-state index is 0.313. The first-order chi connectivity index (χ1) is 9.66. The van der Waals surface area contributed by atoms with Gasteiger partial charge in [-0.2, -0.15) is 5.10 Å². The van der Waals surface area contributed by atoms with Gasteiger partial charge in [-0.15, -0.1) is 0 Å². The molecule has 3 nitrogen and oxygen atoms in total. The first-order valence-corrected chi connectivity index (χ1v) is 8.36. The molecule has 0 spiro atoms. The molecule has 110 valence electrons. The number of hydrogen-bond donors (Lipinski definition) is 1. The van der Waals surface area contributed by atoms with E-state index < -0.39 is 0 Å². The van der Waals surface area contributed by atoms with Gasteiger partial charge in [-0.3, -0.25) is 4.68 Å². The molecule has 20 heavy (non-hydrogen) atoms. The van der Waals surface area contributed by atoms with Crippen molar-refractivity contribution in [1.82, 2.24) is 9.78 Å². The molecule has 4 bridgehead atoms. The SMILES string of the molecule is CCn1cc(C(O)CC23CC4CC(CC(C4)C2)C3)cn1. The molecule has 4 saturated carbocycles. The molecule has 1 atom stereocenters. The molecule has 0 aromatic carbocycles. The maximum Gasteiger partial charge on any atom is 0.0825 e. The van der Waals surface area contributed by atoms with Gasteiger partial charge in [0.05, 0.1) is 12.3 Å². The van der Waals surface area contributed by atoms with E-state index in [0.717, 1.165) is 36.3 Å². The van der Waals surface area contributed by atoms with E-state index in [4.69, 9.17) is 0 Å². The van der Waals surface area contributed by atoms with E-state index in [9.17, 15) is 5.11 Å². The Balaban J connectivity index is 1.50.